The Labute approximate surface area is 130 Å². The minimum absolute atomic E-state index is 0.0884. The number of nitrogens with one attached hydrogen (secondary N) is 1. The van der Waals surface area contributed by atoms with Crippen molar-refractivity contribution in [2.45, 2.75) is 32.2 Å². The largest absolute Gasteiger partial charge is 0.312 e. The van der Waals surface area contributed by atoms with Crippen LogP contribution in [0.1, 0.15) is 41.9 Å². The van der Waals surface area contributed by atoms with Crippen LogP contribution in [0.25, 0.3) is 0 Å². The summed E-state index contributed by atoms with van der Waals surface area (Å²) in [6.45, 7) is 4.20. The van der Waals surface area contributed by atoms with Gasteiger partial charge in [0.15, 0.2) is 0 Å². The summed E-state index contributed by atoms with van der Waals surface area (Å²) in [5.74, 6) is 0.0967. The van der Waals surface area contributed by atoms with Crippen molar-refractivity contribution < 1.29 is 4.39 Å². The van der Waals surface area contributed by atoms with Gasteiger partial charge in [-0.2, -0.15) is 0 Å². The summed E-state index contributed by atoms with van der Waals surface area (Å²) in [4.78, 5) is 1.12. The van der Waals surface area contributed by atoms with Gasteiger partial charge in [-0.15, -0.1) is 5.10 Å². The minimum atomic E-state index is -0.233. The first-order valence-corrected chi connectivity index (χ1v) is 8.03. The number of halogens is 2. The SMILES string of the molecule is CNC(Cc1cccc(F)c1Br)c1snnc1C(C)C. The maximum absolute atomic E-state index is 13.6. The van der Waals surface area contributed by atoms with Crippen molar-refractivity contribution in [3.8, 4) is 0 Å². The molecule has 0 radical (unpaired) electrons. The number of aromatic nitrogens is 2. The van der Waals surface area contributed by atoms with E-state index in [4.69, 9.17) is 0 Å². The molecule has 0 saturated carbocycles. The molecule has 6 heteroatoms. The predicted octanol–water partition coefficient (Wildman–Crippen LogP) is 4.07. The molecule has 2 rings (SSSR count). The van der Waals surface area contributed by atoms with E-state index in [0.29, 0.717) is 16.8 Å². The number of nitrogens with zero attached hydrogens (tertiary/aromatic N) is 2. The molecule has 0 aliphatic rings. The fraction of sp³-hybridized carbons (Fsp3) is 0.429. The van der Waals surface area contributed by atoms with Crippen LogP contribution in [0.4, 0.5) is 4.39 Å². The number of benzene rings is 1. The molecular weight excluding hydrogens is 341 g/mol. The predicted molar refractivity (Wildman–Crippen MR) is 83.6 cm³/mol. The molecule has 0 amide bonds. The highest BCUT2D eigenvalue weighted by Crippen LogP contribution is 2.31. The Morgan fingerprint density at radius 2 is 2.15 bits per heavy atom. The zero-order chi connectivity index (χ0) is 14.7. The van der Waals surface area contributed by atoms with Gasteiger partial charge < -0.3 is 5.32 Å². The van der Waals surface area contributed by atoms with Crippen LogP contribution < -0.4 is 5.32 Å². The van der Waals surface area contributed by atoms with E-state index in [0.717, 1.165) is 16.1 Å². The molecule has 1 heterocycles. The Morgan fingerprint density at radius 1 is 1.40 bits per heavy atom. The fourth-order valence-corrected chi connectivity index (χ4v) is 3.44. The number of likely N-dealkylation sites (N-methyl/N-ethyl adjacent to an activating group) is 1. The van der Waals surface area contributed by atoms with Crippen LogP contribution in [0.3, 0.4) is 0 Å². The monoisotopic (exact) mass is 357 g/mol. The summed E-state index contributed by atoms with van der Waals surface area (Å²) in [7, 11) is 1.90. The molecule has 1 N–H and O–H groups in total. The van der Waals surface area contributed by atoms with Gasteiger partial charge in [-0.05, 0) is 58.5 Å². The van der Waals surface area contributed by atoms with Crippen molar-refractivity contribution in [1.82, 2.24) is 14.9 Å². The van der Waals surface area contributed by atoms with Crippen molar-refractivity contribution in [2.75, 3.05) is 7.05 Å². The molecule has 1 aromatic heterocycles. The lowest BCUT2D eigenvalue weighted by atomic mass is 10.0. The zero-order valence-corrected chi connectivity index (χ0v) is 14.1. The molecular formula is C14H17BrFN3S. The Balaban J connectivity index is 2.29. The molecule has 0 aliphatic carbocycles. The van der Waals surface area contributed by atoms with E-state index >= 15 is 0 Å². The van der Waals surface area contributed by atoms with Gasteiger partial charge in [0, 0.05) is 6.04 Å². The van der Waals surface area contributed by atoms with Crippen molar-refractivity contribution in [2.24, 2.45) is 0 Å². The van der Waals surface area contributed by atoms with Gasteiger partial charge in [0.25, 0.3) is 0 Å². The van der Waals surface area contributed by atoms with Gasteiger partial charge in [0.2, 0.25) is 0 Å². The number of hydrogen-bond donors (Lipinski definition) is 1. The van der Waals surface area contributed by atoms with E-state index in [2.05, 4.69) is 44.7 Å². The second kappa shape index (κ2) is 6.74. The second-order valence-corrected chi connectivity index (χ2v) is 6.51. The van der Waals surface area contributed by atoms with Gasteiger partial charge in [0.1, 0.15) is 5.82 Å². The summed E-state index contributed by atoms with van der Waals surface area (Å²) in [5, 5.41) is 7.49. The van der Waals surface area contributed by atoms with Gasteiger partial charge in [-0.3, -0.25) is 0 Å². The van der Waals surface area contributed by atoms with Crippen molar-refractivity contribution in [1.29, 1.82) is 0 Å². The molecule has 0 saturated heterocycles. The molecule has 20 heavy (non-hydrogen) atoms. The number of rotatable bonds is 5. The van der Waals surface area contributed by atoms with Crippen LogP contribution in [0, 0.1) is 5.82 Å². The van der Waals surface area contributed by atoms with Gasteiger partial charge in [0.05, 0.1) is 15.0 Å². The molecule has 0 fully saturated rings. The smallest absolute Gasteiger partial charge is 0.137 e. The molecule has 1 aromatic carbocycles. The minimum Gasteiger partial charge on any atom is -0.312 e. The van der Waals surface area contributed by atoms with Crippen LogP contribution >= 0.6 is 27.5 Å². The Bertz CT molecular complexity index is 586. The van der Waals surface area contributed by atoms with Crippen molar-refractivity contribution in [3.05, 3.63) is 44.6 Å². The Morgan fingerprint density at radius 3 is 2.80 bits per heavy atom. The van der Waals surface area contributed by atoms with Crippen molar-refractivity contribution in [3.63, 3.8) is 0 Å². The molecule has 108 valence electrons. The Kier molecular flexibility index (Phi) is 5.23. The third kappa shape index (κ3) is 3.24. The van der Waals surface area contributed by atoms with E-state index in [9.17, 15) is 4.39 Å². The van der Waals surface area contributed by atoms with Gasteiger partial charge in [-0.1, -0.05) is 30.5 Å². The quantitative estimate of drug-likeness (QED) is 0.876. The van der Waals surface area contributed by atoms with E-state index in [-0.39, 0.29) is 11.9 Å². The highest BCUT2D eigenvalue weighted by molar-refractivity contribution is 9.10. The summed E-state index contributed by atoms with van der Waals surface area (Å²) in [5.41, 5.74) is 1.95. The molecule has 1 unspecified atom stereocenters. The van der Waals surface area contributed by atoms with E-state index in [1.54, 1.807) is 6.07 Å². The lowest BCUT2D eigenvalue weighted by Crippen LogP contribution is -2.19. The molecule has 3 nitrogen and oxygen atoms in total. The number of hydrogen-bond acceptors (Lipinski definition) is 4. The van der Waals surface area contributed by atoms with Crippen LogP contribution in [0.5, 0.6) is 0 Å². The topological polar surface area (TPSA) is 37.8 Å². The lowest BCUT2D eigenvalue weighted by molar-refractivity contribution is 0.578. The molecule has 0 aliphatic heterocycles. The highest BCUT2D eigenvalue weighted by atomic mass is 79.9. The standard InChI is InChI=1S/C14H17BrFN3S/c1-8(2)13-14(20-19-18-13)11(17-3)7-9-5-4-6-10(16)12(9)15/h4-6,8,11,17H,7H2,1-3H3. The maximum Gasteiger partial charge on any atom is 0.137 e. The second-order valence-electron chi connectivity index (χ2n) is 4.94. The first kappa shape index (κ1) is 15.5. The fourth-order valence-electron chi connectivity index (χ4n) is 2.10. The summed E-state index contributed by atoms with van der Waals surface area (Å²) < 4.78 is 18.2. The maximum atomic E-state index is 13.6. The summed E-state index contributed by atoms with van der Waals surface area (Å²) in [6, 6.07) is 5.21. The van der Waals surface area contributed by atoms with Crippen LogP contribution in [0.15, 0.2) is 22.7 Å². The van der Waals surface area contributed by atoms with Crippen molar-refractivity contribution >= 4 is 27.5 Å². The van der Waals surface area contributed by atoms with Gasteiger partial charge in [-0.25, -0.2) is 4.39 Å². The zero-order valence-electron chi connectivity index (χ0n) is 11.7. The van der Waals surface area contributed by atoms with Crippen LogP contribution in [0.2, 0.25) is 0 Å². The van der Waals surface area contributed by atoms with Crippen LogP contribution in [-0.2, 0) is 6.42 Å². The average Bonchev–Trinajstić information content (AvgIpc) is 2.90. The van der Waals surface area contributed by atoms with E-state index in [1.165, 1.54) is 17.6 Å². The molecule has 1 atom stereocenters. The van der Waals surface area contributed by atoms with Crippen LogP contribution in [-0.4, -0.2) is 16.6 Å². The normalized spacial score (nSPS) is 12.9. The van der Waals surface area contributed by atoms with E-state index in [1.807, 2.05) is 13.1 Å². The molecule has 0 spiro atoms. The third-order valence-electron chi connectivity index (χ3n) is 3.21. The Hall–Kier alpha value is -0.850. The van der Waals surface area contributed by atoms with Gasteiger partial charge >= 0.3 is 0 Å². The lowest BCUT2D eigenvalue weighted by Gasteiger charge is -2.17. The first-order chi connectivity index (χ1) is 9.54. The average molecular weight is 358 g/mol. The first-order valence-electron chi connectivity index (χ1n) is 6.46. The summed E-state index contributed by atoms with van der Waals surface area (Å²) >= 11 is 4.73. The molecule has 2 aromatic rings. The molecule has 0 bridgehead atoms. The van der Waals surface area contributed by atoms with E-state index < -0.39 is 0 Å². The summed E-state index contributed by atoms with van der Waals surface area (Å²) in [6.07, 6.45) is 0.693. The third-order valence-corrected chi connectivity index (χ3v) is 4.95. The highest BCUT2D eigenvalue weighted by Gasteiger charge is 2.21.